The second kappa shape index (κ2) is 9.28. The van der Waals surface area contributed by atoms with E-state index in [1.807, 2.05) is 0 Å². The van der Waals surface area contributed by atoms with Crippen molar-refractivity contribution in [1.29, 1.82) is 0 Å². The minimum atomic E-state index is -2.65. The second-order valence-electron chi connectivity index (χ2n) is 9.81. The molecule has 1 aromatic carbocycles. The van der Waals surface area contributed by atoms with Gasteiger partial charge in [-0.1, -0.05) is 13.1 Å². The van der Waals surface area contributed by atoms with Crippen LogP contribution in [0.1, 0.15) is 23.2 Å². The molecule has 34 heavy (non-hydrogen) atoms. The molecule has 3 heterocycles. The summed E-state index contributed by atoms with van der Waals surface area (Å²) in [6.07, 6.45) is 1.08. The molecule has 0 unspecified atom stereocenters. The minimum Gasteiger partial charge on any atom is -0.371 e. The van der Waals surface area contributed by atoms with E-state index in [1.165, 1.54) is 24.4 Å². The summed E-state index contributed by atoms with van der Waals surface area (Å²) in [5.74, 6) is -2.50. The molecule has 0 spiro atoms. The molecular formula is C23H29F2N5O3Si. The SMILES string of the molecule is C[Si]1(C)CCN(c2cc([N+](=O)[O-])ccc2C(=O)Nc2ccnc(N3CCC(F)(F)CC3)c2)CC1. The highest BCUT2D eigenvalue weighted by atomic mass is 28.3. The van der Waals surface area contributed by atoms with Gasteiger partial charge in [0.2, 0.25) is 0 Å². The zero-order chi connectivity index (χ0) is 24.5. The summed E-state index contributed by atoms with van der Waals surface area (Å²) >= 11 is 0. The summed E-state index contributed by atoms with van der Waals surface area (Å²) in [6, 6.07) is 9.72. The van der Waals surface area contributed by atoms with Crippen LogP contribution in [-0.4, -0.2) is 56.0 Å². The van der Waals surface area contributed by atoms with Crippen LogP contribution in [-0.2, 0) is 0 Å². The van der Waals surface area contributed by atoms with Crippen LogP contribution in [0.15, 0.2) is 36.5 Å². The fourth-order valence-corrected chi connectivity index (χ4v) is 6.37. The number of carbonyl (C=O) groups excluding carboxylic acids is 1. The van der Waals surface area contributed by atoms with Crippen LogP contribution in [0.4, 0.5) is 31.7 Å². The fourth-order valence-electron chi connectivity index (χ4n) is 4.37. The molecule has 2 aromatic rings. The van der Waals surface area contributed by atoms with Crippen LogP contribution in [0.5, 0.6) is 0 Å². The molecule has 1 aromatic heterocycles. The molecule has 1 amide bonds. The van der Waals surface area contributed by atoms with Crippen LogP contribution in [0.3, 0.4) is 0 Å². The summed E-state index contributed by atoms with van der Waals surface area (Å²) in [7, 11) is -1.27. The van der Waals surface area contributed by atoms with Crippen LogP contribution in [0.2, 0.25) is 25.2 Å². The topological polar surface area (TPSA) is 91.6 Å². The van der Waals surface area contributed by atoms with Gasteiger partial charge in [0, 0.05) is 69.1 Å². The predicted octanol–water partition coefficient (Wildman–Crippen LogP) is 5.01. The second-order valence-corrected chi connectivity index (χ2v) is 15.1. The maximum absolute atomic E-state index is 13.5. The molecule has 0 atom stereocenters. The van der Waals surface area contributed by atoms with E-state index in [2.05, 4.69) is 28.3 Å². The predicted molar refractivity (Wildman–Crippen MR) is 131 cm³/mol. The zero-order valence-corrected chi connectivity index (χ0v) is 20.4. The lowest BCUT2D eigenvalue weighted by Gasteiger charge is -2.37. The molecular weight excluding hydrogens is 460 g/mol. The van der Waals surface area contributed by atoms with Gasteiger partial charge in [0.1, 0.15) is 5.82 Å². The number of benzene rings is 1. The molecule has 2 aliphatic rings. The van der Waals surface area contributed by atoms with Gasteiger partial charge in [-0.15, -0.1) is 0 Å². The number of nitrogens with zero attached hydrogens (tertiary/aromatic N) is 4. The molecule has 8 nitrogen and oxygen atoms in total. The molecule has 2 saturated heterocycles. The number of alkyl halides is 2. The van der Waals surface area contributed by atoms with Crippen LogP contribution >= 0.6 is 0 Å². The van der Waals surface area contributed by atoms with E-state index in [4.69, 9.17) is 0 Å². The van der Waals surface area contributed by atoms with Gasteiger partial charge in [-0.3, -0.25) is 14.9 Å². The Morgan fingerprint density at radius 1 is 1.09 bits per heavy atom. The lowest BCUT2D eigenvalue weighted by molar-refractivity contribution is -0.384. The van der Waals surface area contributed by atoms with Gasteiger partial charge in [-0.05, 0) is 24.2 Å². The molecule has 0 aliphatic carbocycles. The molecule has 0 saturated carbocycles. The average Bonchev–Trinajstić information content (AvgIpc) is 2.79. The van der Waals surface area contributed by atoms with Gasteiger partial charge in [-0.2, -0.15) is 0 Å². The van der Waals surface area contributed by atoms with E-state index >= 15 is 0 Å². The van der Waals surface area contributed by atoms with Gasteiger partial charge in [-0.25, -0.2) is 13.8 Å². The molecule has 4 rings (SSSR count). The molecule has 2 aliphatic heterocycles. The van der Waals surface area contributed by atoms with Crippen molar-refractivity contribution in [2.24, 2.45) is 0 Å². The van der Waals surface area contributed by atoms with Gasteiger partial charge in [0.05, 0.1) is 24.2 Å². The highest BCUT2D eigenvalue weighted by Crippen LogP contribution is 2.33. The smallest absolute Gasteiger partial charge is 0.271 e. The van der Waals surface area contributed by atoms with E-state index in [0.29, 0.717) is 22.8 Å². The van der Waals surface area contributed by atoms with Gasteiger partial charge in [0.15, 0.2) is 0 Å². The summed E-state index contributed by atoms with van der Waals surface area (Å²) < 4.78 is 27.0. The number of nitrogens with one attached hydrogen (secondary N) is 1. The maximum Gasteiger partial charge on any atom is 0.271 e. The van der Waals surface area contributed by atoms with E-state index in [0.717, 1.165) is 25.2 Å². The number of halogens is 2. The number of amides is 1. The summed E-state index contributed by atoms with van der Waals surface area (Å²) in [4.78, 5) is 32.3. The fraction of sp³-hybridized carbons (Fsp3) is 0.478. The van der Waals surface area contributed by atoms with Gasteiger partial charge >= 0.3 is 0 Å². The number of carbonyl (C=O) groups is 1. The third kappa shape index (κ3) is 5.52. The molecule has 182 valence electrons. The van der Waals surface area contributed by atoms with Gasteiger partial charge in [0.25, 0.3) is 17.5 Å². The average molecular weight is 490 g/mol. The third-order valence-corrected chi connectivity index (χ3v) is 9.87. The quantitative estimate of drug-likeness (QED) is 0.361. The number of rotatable bonds is 5. The van der Waals surface area contributed by atoms with E-state index in [1.54, 1.807) is 17.0 Å². The van der Waals surface area contributed by atoms with Crippen molar-refractivity contribution in [2.45, 2.75) is 43.9 Å². The highest BCUT2D eigenvalue weighted by molar-refractivity contribution is 6.77. The van der Waals surface area contributed by atoms with Gasteiger partial charge < -0.3 is 15.1 Å². The largest absolute Gasteiger partial charge is 0.371 e. The Balaban J connectivity index is 1.55. The van der Waals surface area contributed by atoms with Crippen molar-refractivity contribution >= 4 is 36.9 Å². The monoisotopic (exact) mass is 489 g/mol. The van der Waals surface area contributed by atoms with Crippen molar-refractivity contribution in [2.75, 3.05) is 41.3 Å². The first-order valence-corrected chi connectivity index (χ1v) is 14.9. The number of anilines is 3. The minimum absolute atomic E-state index is 0.0540. The van der Waals surface area contributed by atoms with E-state index < -0.39 is 18.9 Å². The van der Waals surface area contributed by atoms with Crippen LogP contribution in [0, 0.1) is 10.1 Å². The maximum atomic E-state index is 13.5. The number of nitro groups is 1. The first kappa shape index (κ1) is 24.1. The number of non-ortho nitro benzene ring substituents is 1. The number of hydrogen-bond donors (Lipinski definition) is 1. The van der Waals surface area contributed by atoms with Crippen molar-refractivity contribution in [3.05, 3.63) is 52.2 Å². The van der Waals surface area contributed by atoms with E-state index in [9.17, 15) is 23.7 Å². The normalized spacial score (nSPS) is 19.5. The van der Waals surface area contributed by atoms with Crippen molar-refractivity contribution in [1.82, 2.24) is 4.98 Å². The number of piperidine rings is 1. The standard InChI is InChI=1S/C23H29F2N5O3Si/c1-34(2)13-11-28(12-14-34)20-16-18(30(32)33)3-4-19(20)22(31)27-17-5-8-26-21(15-17)29-9-6-23(24,25)7-10-29/h3-5,8,15-16H,6-7,9-14H2,1-2H3,(H,26,27,31). The molecule has 0 radical (unpaired) electrons. The Labute approximate surface area is 198 Å². The van der Waals surface area contributed by atoms with Crippen molar-refractivity contribution < 1.29 is 18.5 Å². The Morgan fingerprint density at radius 3 is 2.41 bits per heavy atom. The Kier molecular flexibility index (Phi) is 6.57. The summed E-state index contributed by atoms with van der Waals surface area (Å²) in [5, 5.41) is 14.2. The Morgan fingerprint density at radius 2 is 1.76 bits per heavy atom. The third-order valence-electron chi connectivity index (χ3n) is 6.72. The first-order chi connectivity index (χ1) is 16.0. The number of nitro benzene ring substituents is 1. The van der Waals surface area contributed by atoms with Crippen molar-refractivity contribution in [3.63, 3.8) is 0 Å². The zero-order valence-electron chi connectivity index (χ0n) is 19.4. The molecule has 11 heteroatoms. The molecule has 0 bridgehead atoms. The first-order valence-electron chi connectivity index (χ1n) is 11.5. The summed E-state index contributed by atoms with van der Waals surface area (Å²) in [5.41, 5.74) is 1.36. The van der Waals surface area contributed by atoms with E-state index in [-0.39, 0.29) is 37.5 Å². The Hall–Kier alpha value is -3.08. The lowest BCUT2D eigenvalue weighted by atomic mass is 10.1. The summed E-state index contributed by atoms with van der Waals surface area (Å²) in [6.45, 7) is 6.57. The Bertz CT molecular complexity index is 1080. The number of pyridine rings is 1. The molecule has 1 N–H and O–H groups in total. The highest BCUT2D eigenvalue weighted by Gasteiger charge is 2.34. The number of aromatic nitrogens is 1. The lowest BCUT2D eigenvalue weighted by Crippen LogP contribution is -2.43. The van der Waals surface area contributed by atoms with Crippen molar-refractivity contribution in [3.8, 4) is 0 Å². The molecule has 2 fully saturated rings. The van der Waals surface area contributed by atoms with Crippen LogP contribution < -0.4 is 15.1 Å². The number of hydrogen-bond acceptors (Lipinski definition) is 6. The van der Waals surface area contributed by atoms with Crippen LogP contribution in [0.25, 0.3) is 0 Å².